The topological polar surface area (TPSA) is 99.3 Å². The highest BCUT2D eigenvalue weighted by molar-refractivity contribution is 5.97. The van der Waals surface area contributed by atoms with Crippen molar-refractivity contribution in [3.8, 4) is 0 Å². The second-order valence-electron chi connectivity index (χ2n) is 9.06. The van der Waals surface area contributed by atoms with E-state index in [-0.39, 0.29) is 36.2 Å². The van der Waals surface area contributed by atoms with Crippen molar-refractivity contribution in [2.24, 2.45) is 0 Å². The highest BCUT2D eigenvalue weighted by atomic mass is 16.3. The number of ketones is 1. The van der Waals surface area contributed by atoms with Gasteiger partial charge in [0.15, 0.2) is 5.78 Å². The van der Waals surface area contributed by atoms with Crippen LogP contribution < -0.4 is 10.9 Å². The maximum absolute atomic E-state index is 13.1. The van der Waals surface area contributed by atoms with Crippen LogP contribution in [0.2, 0.25) is 0 Å². The average Bonchev–Trinajstić information content (AvgIpc) is 2.79. The number of aromatic amines is 1. The van der Waals surface area contributed by atoms with Crippen molar-refractivity contribution in [1.82, 2.24) is 10.3 Å². The highest BCUT2D eigenvalue weighted by Crippen LogP contribution is 2.32. The summed E-state index contributed by atoms with van der Waals surface area (Å²) >= 11 is 0. The van der Waals surface area contributed by atoms with Gasteiger partial charge in [-0.2, -0.15) is 0 Å². The largest absolute Gasteiger partial charge is 0.394 e. The van der Waals surface area contributed by atoms with Crippen LogP contribution in [0.15, 0.2) is 65.6 Å². The fourth-order valence-corrected chi connectivity index (χ4v) is 3.73. The van der Waals surface area contributed by atoms with Crippen LogP contribution in [0, 0.1) is 13.8 Å². The number of benzene rings is 2. The van der Waals surface area contributed by atoms with Crippen LogP contribution in [0.4, 0.5) is 0 Å². The molecule has 0 radical (unpaired) electrons. The van der Waals surface area contributed by atoms with Crippen LogP contribution in [-0.2, 0) is 0 Å². The van der Waals surface area contributed by atoms with Crippen molar-refractivity contribution < 1.29 is 14.7 Å². The van der Waals surface area contributed by atoms with Gasteiger partial charge in [0, 0.05) is 35.2 Å². The Bertz CT molecular complexity index is 1210. The summed E-state index contributed by atoms with van der Waals surface area (Å²) < 4.78 is 0. The molecule has 1 amide bonds. The van der Waals surface area contributed by atoms with E-state index in [0.29, 0.717) is 16.7 Å². The van der Waals surface area contributed by atoms with E-state index in [9.17, 15) is 19.5 Å². The molecule has 6 heteroatoms. The summed E-state index contributed by atoms with van der Waals surface area (Å²) in [5, 5.41) is 12.2. The van der Waals surface area contributed by atoms with Crippen molar-refractivity contribution in [3.63, 3.8) is 0 Å². The van der Waals surface area contributed by atoms with Crippen LogP contribution in [0.25, 0.3) is 0 Å². The molecule has 3 rings (SSSR count). The maximum Gasteiger partial charge on any atom is 0.251 e. The normalized spacial score (nSPS) is 12.3. The predicted molar refractivity (Wildman–Crippen MR) is 129 cm³/mol. The number of H-pyrrole nitrogens is 1. The zero-order valence-corrected chi connectivity index (χ0v) is 19.4. The van der Waals surface area contributed by atoms with E-state index in [1.165, 1.54) is 6.20 Å². The first kappa shape index (κ1) is 24.1. The molecule has 0 aliphatic rings. The number of pyridine rings is 1. The molecule has 33 heavy (non-hydrogen) atoms. The minimum absolute atomic E-state index is 0.0749. The predicted octanol–water partition coefficient (Wildman–Crippen LogP) is 3.90. The van der Waals surface area contributed by atoms with Gasteiger partial charge in [0.2, 0.25) is 0 Å². The summed E-state index contributed by atoms with van der Waals surface area (Å²) in [6.45, 7) is 7.01. The van der Waals surface area contributed by atoms with E-state index in [2.05, 4.69) is 10.3 Å². The first-order valence-corrected chi connectivity index (χ1v) is 10.9. The zero-order chi connectivity index (χ0) is 24.2. The number of aliphatic hydroxyl groups is 1. The van der Waals surface area contributed by atoms with E-state index in [4.69, 9.17) is 0 Å². The molecule has 0 aliphatic carbocycles. The lowest BCUT2D eigenvalue weighted by molar-refractivity contribution is 0.0868. The van der Waals surface area contributed by atoms with Crippen molar-refractivity contribution in [3.05, 3.63) is 105 Å². The number of hydrogen-bond acceptors (Lipinski definition) is 4. The Morgan fingerprint density at radius 3 is 2.27 bits per heavy atom. The molecular weight excluding hydrogens is 416 g/mol. The van der Waals surface area contributed by atoms with E-state index < -0.39 is 5.54 Å². The number of carbonyl (C=O) groups is 2. The molecule has 0 fully saturated rings. The van der Waals surface area contributed by atoms with Crippen LogP contribution in [0.5, 0.6) is 0 Å². The van der Waals surface area contributed by atoms with Gasteiger partial charge in [-0.15, -0.1) is 0 Å². The highest BCUT2D eigenvalue weighted by Gasteiger charge is 2.23. The van der Waals surface area contributed by atoms with Gasteiger partial charge in [0.25, 0.3) is 11.5 Å². The summed E-state index contributed by atoms with van der Waals surface area (Å²) in [6, 6.07) is 16.7. The first-order chi connectivity index (χ1) is 15.6. The van der Waals surface area contributed by atoms with Crippen LogP contribution >= 0.6 is 0 Å². The van der Waals surface area contributed by atoms with Crippen molar-refractivity contribution in [2.45, 2.75) is 45.6 Å². The first-order valence-electron chi connectivity index (χ1n) is 10.9. The van der Waals surface area contributed by atoms with Gasteiger partial charge in [-0.3, -0.25) is 14.4 Å². The second kappa shape index (κ2) is 9.96. The average molecular weight is 447 g/mol. The molecule has 0 bridgehead atoms. The number of hydrogen-bond donors (Lipinski definition) is 3. The van der Waals surface area contributed by atoms with Crippen LogP contribution in [-0.4, -0.2) is 33.9 Å². The number of amides is 1. The lowest BCUT2D eigenvalue weighted by Crippen LogP contribution is -2.46. The molecule has 3 aromatic rings. The molecular formula is C27H30N2O4. The minimum atomic E-state index is -0.722. The Morgan fingerprint density at radius 2 is 1.67 bits per heavy atom. The number of Topliss-reactive ketones (excluding diaryl/α,β-unsaturated/α-hetero) is 1. The Hall–Kier alpha value is -3.51. The number of carbonyl (C=O) groups excluding carboxylic acids is 2. The lowest BCUT2D eigenvalue weighted by atomic mass is 9.83. The molecule has 0 saturated carbocycles. The van der Waals surface area contributed by atoms with Gasteiger partial charge in [-0.25, -0.2) is 0 Å². The molecule has 6 nitrogen and oxygen atoms in total. The Morgan fingerprint density at radius 1 is 1.00 bits per heavy atom. The Kier molecular flexibility index (Phi) is 7.29. The monoisotopic (exact) mass is 446 g/mol. The fourth-order valence-electron chi connectivity index (χ4n) is 3.73. The SMILES string of the molecule is Cc1ccccc1C(CC(=O)c1c[nH]c(=O)c(C)c1)c1ccc(C(=O)NC(C)(C)CO)cc1. The number of aliphatic hydroxyl groups excluding tert-OH is 1. The van der Waals surface area contributed by atoms with Crippen molar-refractivity contribution >= 4 is 11.7 Å². The summed E-state index contributed by atoms with van der Waals surface area (Å²) in [6.07, 6.45) is 1.68. The maximum atomic E-state index is 13.1. The quantitative estimate of drug-likeness (QED) is 0.457. The molecule has 3 N–H and O–H groups in total. The minimum Gasteiger partial charge on any atom is -0.394 e. The second-order valence-corrected chi connectivity index (χ2v) is 9.06. The zero-order valence-electron chi connectivity index (χ0n) is 19.4. The van der Waals surface area contributed by atoms with Crippen molar-refractivity contribution in [2.75, 3.05) is 6.61 Å². The molecule has 1 unspecified atom stereocenters. The van der Waals surface area contributed by atoms with Crippen LogP contribution in [0.3, 0.4) is 0 Å². The number of nitrogens with one attached hydrogen (secondary N) is 2. The Labute approximate surface area is 193 Å². The molecule has 0 saturated heterocycles. The van der Waals surface area contributed by atoms with E-state index in [0.717, 1.165) is 16.7 Å². The van der Waals surface area contributed by atoms with Crippen LogP contribution in [0.1, 0.15) is 69.2 Å². The van der Waals surface area contributed by atoms with Gasteiger partial charge in [-0.05, 0) is 62.6 Å². The number of aromatic nitrogens is 1. The Balaban J connectivity index is 1.93. The molecule has 1 atom stereocenters. The summed E-state index contributed by atoms with van der Waals surface area (Å²) in [7, 11) is 0. The van der Waals surface area contributed by atoms with E-state index >= 15 is 0 Å². The van der Waals surface area contributed by atoms with Gasteiger partial charge in [-0.1, -0.05) is 36.4 Å². The number of aryl methyl sites for hydroxylation is 2. The van der Waals surface area contributed by atoms with Crippen molar-refractivity contribution in [1.29, 1.82) is 0 Å². The third-order valence-corrected chi connectivity index (χ3v) is 5.79. The van der Waals surface area contributed by atoms with Gasteiger partial charge < -0.3 is 15.4 Å². The smallest absolute Gasteiger partial charge is 0.251 e. The molecule has 1 aromatic heterocycles. The third kappa shape index (κ3) is 5.84. The molecule has 172 valence electrons. The molecule has 0 spiro atoms. The summed E-state index contributed by atoms with van der Waals surface area (Å²) in [5.74, 6) is -0.557. The fraction of sp³-hybridized carbons (Fsp3) is 0.296. The summed E-state index contributed by atoms with van der Waals surface area (Å²) in [4.78, 5) is 40.0. The van der Waals surface area contributed by atoms with Gasteiger partial charge >= 0.3 is 0 Å². The van der Waals surface area contributed by atoms with E-state index in [1.807, 2.05) is 43.3 Å². The molecule has 0 aliphatic heterocycles. The van der Waals surface area contributed by atoms with Gasteiger partial charge in [0.1, 0.15) is 0 Å². The molecule has 2 aromatic carbocycles. The number of rotatable bonds is 8. The lowest BCUT2D eigenvalue weighted by Gasteiger charge is -2.24. The van der Waals surface area contributed by atoms with Gasteiger partial charge in [0.05, 0.1) is 12.1 Å². The van der Waals surface area contributed by atoms with E-state index in [1.54, 1.807) is 39.0 Å². The molecule has 1 heterocycles. The third-order valence-electron chi connectivity index (χ3n) is 5.79. The standard InChI is InChI=1S/C27H30N2O4/c1-17-7-5-6-8-22(17)23(14-24(31)21-13-18(2)25(32)28-15-21)19-9-11-20(12-10-19)26(33)29-27(3,4)16-30/h5-13,15,23,30H,14,16H2,1-4H3,(H,28,32)(H,29,33). The summed E-state index contributed by atoms with van der Waals surface area (Å²) in [5.41, 5.74) is 3.52.